The van der Waals surface area contributed by atoms with Crippen molar-refractivity contribution in [2.75, 3.05) is 40.0 Å². The van der Waals surface area contributed by atoms with E-state index in [1.165, 1.54) is 19.3 Å². The molecule has 36 heavy (non-hydrogen) atoms. The van der Waals surface area contributed by atoms with Crippen LogP contribution < -0.4 is 10.6 Å². The fraction of sp³-hybridized carbons (Fsp3) is 0.667. The minimum atomic E-state index is -0.927. The van der Waals surface area contributed by atoms with Crippen LogP contribution in [0, 0.1) is 0 Å². The molecule has 0 saturated heterocycles. The second kappa shape index (κ2) is 18.2. The number of methoxy groups -OCH3 is 1. The van der Waals surface area contributed by atoms with Crippen LogP contribution >= 0.6 is 0 Å². The molecule has 1 aliphatic heterocycles. The number of amides is 4. The highest BCUT2D eigenvalue weighted by Gasteiger charge is 2.24. The lowest BCUT2D eigenvalue weighted by Gasteiger charge is -2.19. The van der Waals surface area contributed by atoms with Gasteiger partial charge in [0.25, 0.3) is 11.8 Å². The lowest BCUT2D eigenvalue weighted by Crippen LogP contribution is -2.41. The molecule has 0 aromatic carbocycles. The summed E-state index contributed by atoms with van der Waals surface area (Å²) in [5, 5.41) is 14.2. The van der Waals surface area contributed by atoms with Crippen molar-refractivity contribution in [3.05, 3.63) is 12.2 Å². The molecule has 12 nitrogen and oxygen atoms in total. The molecule has 0 fully saturated rings. The van der Waals surface area contributed by atoms with Gasteiger partial charge in [0, 0.05) is 51.6 Å². The Bertz CT molecular complexity index is 780. The number of hydrogen-bond donors (Lipinski definition) is 3. The summed E-state index contributed by atoms with van der Waals surface area (Å²) in [5.74, 6) is -2.56. The predicted molar refractivity (Wildman–Crippen MR) is 128 cm³/mol. The molecule has 0 bridgehead atoms. The van der Waals surface area contributed by atoms with Crippen LogP contribution in [0.4, 0.5) is 0 Å². The monoisotopic (exact) mass is 511 g/mol. The van der Waals surface area contributed by atoms with E-state index in [9.17, 15) is 28.8 Å². The Morgan fingerprint density at radius 2 is 1.61 bits per heavy atom. The average molecular weight is 512 g/mol. The summed E-state index contributed by atoms with van der Waals surface area (Å²) >= 11 is 0. The van der Waals surface area contributed by atoms with Crippen molar-refractivity contribution in [3.63, 3.8) is 0 Å². The van der Waals surface area contributed by atoms with Gasteiger partial charge >= 0.3 is 5.97 Å². The van der Waals surface area contributed by atoms with Crippen LogP contribution in [0.2, 0.25) is 0 Å². The number of carboxylic acids is 1. The van der Waals surface area contributed by atoms with Crippen LogP contribution in [-0.2, 0) is 38.2 Å². The predicted octanol–water partition coefficient (Wildman–Crippen LogP) is 0.340. The quantitative estimate of drug-likeness (QED) is 0.145. The van der Waals surface area contributed by atoms with Crippen LogP contribution in [0.5, 0.6) is 0 Å². The molecule has 0 saturated carbocycles. The molecule has 0 aromatic heterocycles. The molecule has 3 N–H and O–H groups in total. The number of unbranched alkanes of at least 4 members (excludes halogenated alkanes) is 2. The molecule has 0 radical (unpaired) electrons. The first-order valence-corrected chi connectivity index (χ1v) is 12.2. The maximum absolute atomic E-state index is 12.7. The van der Waals surface area contributed by atoms with Crippen molar-refractivity contribution >= 4 is 35.4 Å². The highest BCUT2D eigenvalue weighted by Crippen LogP contribution is 2.10. The molecule has 1 rings (SSSR count). The van der Waals surface area contributed by atoms with Crippen molar-refractivity contribution in [2.24, 2.45) is 0 Å². The second-order valence-corrected chi connectivity index (χ2v) is 8.34. The number of nitrogens with one attached hydrogen (secondary N) is 2. The Morgan fingerprint density at radius 1 is 0.917 bits per heavy atom. The number of rotatable bonds is 21. The normalized spacial score (nSPS) is 13.6. The van der Waals surface area contributed by atoms with E-state index in [1.807, 2.05) is 0 Å². The van der Waals surface area contributed by atoms with Crippen molar-refractivity contribution < 1.29 is 43.3 Å². The number of hydrogen-bond acceptors (Lipinski definition) is 8. The van der Waals surface area contributed by atoms with Gasteiger partial charge in [0.2, 0.25) is 11.8 Å². The third-order valence-corrected chi connectivity index (χ3v) is 5.38. The third-order valence-electron chi connectivity index (χ3n) is 5.38. The minimum Gasteiger partial charge on any atom is -0.481 e. The van der Waals surface area contributed by atoms with E-state index in [0.29, 0.717) is 51.9 Å². The van der Waals surface area contributed by atoms with E-state index >= 15 is 0 Å². The molecule has 1 aliphatic rings. The van der Waals surface area contributed by atoms with Crippen molar-refractivity contribution in [2.45, 2.75) is 63.8 Å². The van der Waals surface area contributed by atoms with Gasteiger partial charge in [0.05, 0.1) is 19.3 Å². The van der Waals surface area contributed by atoms with Gasteiger partial charge in [-0.25, -0.2) is 0 Å². The SMILES string of the molecule is COCCOCC(=O)NCCCC[C@H](NC(=O)CCCN1C(=O)C=CC1=O)C(=O)CCCCC(=O)O. The van der Waals surface area contributed by atoms with Crippen molar-refractivity contribution in [3.8, 4) is 0 Å². The molecule has 202 valence electrons. The van der Waals surface area contributed by atoms with E-state index in [4.69, 9.17) is 14.6 Å². The van der Waals surface area contributed by atoms with Crippen LogP contribution in [0.25, 0.3) is 0 Å². The fourth-order valence-corrected chi connectivity index (χ4v) is 3.44. The van der Waals surface area contributed by atoms with Crippen molar-refractivity contribution in [1.29, 1.82) is 0 Å². The van der Waals surface area contributed by atoms with Gasteiger partial charge in [-0.1, -0.05) is 0 Å². The zero-order valence-electron chi connectivity index (χ0n) is 20.8. The van der Waals surface area contributed by atoms with E-state index in [0.717, 1.165) is 4.90 Å². The number of nitrogens with zero attached hydrogens (tertiary/aromatic N) is 1. The topological polar surface area (TPSA) is 168 Å². The maximum atomic E-state index is 12.7. The first kappa shape index (κ1) is 30.9. The van der Waals surface area contributed by atoms with Gasteiger partial charge in [-0.2, -0.15) is 0 Å². The molecule has 0 aliphatic carbocycles. The summed E-state index contributed by atoms with van der Waals surface area (Å²) in [6, 6.07) is -0.730. The van der Waals surface area contributed by atoms with Crippen molar-refractivity contribution in [1.82, 2.24) is 15.5 Å². The molecule has 4 amide bonds. The largest absolute Gasteiger partial charge is 0.481 e. The van der Waals surface area contributed by atoms with Gasteiger partial charge in [-0.05, 0) is 38.5 Å². The molecule has 1 heterocycles. The zero-order chi connectivity index (χ0) is 26.8. The minimum absolute atomic E-state index is 0.0258. The summed E-state index contributed by atoms with van der Waals surface area (Å²) in [6.45, 7) is 1.16. The second-order valence-electron chi connectivity index (χ2n) is 8.34. The highest BCUT2D eigenvalue weighted by molar-refractivity contribution is 6.12. The average Bonchev–Trinajstić information content (AvgIpc) is 3.15. The zero-order valence-corrected chi connectivity index (χ0v) is 20.8. The number of carbonyl (C=O) groups excluding carboxylic acids is 5. The molecule has 0 aromatic rings. The summed E-state index contributed by atoms with van der Waals surface area (Å²) in [7, 11) is 1.54. The van der Waals surface area contributed by atoms with E-state index in [2.05, 4.69) is 10.6 Å². The summed E-state index contributed by atoms with van der Waals surface area (Å²) in [6.07, 6.45) is 5.09. The summed E-state index contributed by atoms with van der Waals surface area (Å²) < 4.78 is 9.96. The van der Waals surface area contributed by atoms with E-state index < -0.39 is 23.8 Å². The Morgan fingerprint density at radius 3 is 2.28 bits per heavy atom. The van der Waals surface area contributed by atoms with Gasteiger partial charge in [-0.3, -0.25) is 33.7 Å². The lowest BCUT2D eigenvalue weighted by atomic mass is 10.00. The van der Waals surface area contributed by atoms with Gasteiger partial charge in [-0.15, -0.1) is 0 Å². The van der Waals surface area contributed by atoms with Crippen LogP contribution in [0.15, 0.2) is 12.2 Å². The molecule has 0 unspecified atom stereocenters. The highest BCUT2D eigenvalue weighted by atomic mass is 16.5. The maximum Gasteiger partial charge on any atom is 0.303 e. The standard InChI is InChI=1S/C24H37N3O9/c1-35-15-16-36-17-21(30)25-13-5-4-7-18(19(28)8-2-3-10-24(33)34)26-20(29)9-6-14-27-22(31)11-12-23(27)32/h11-12,18H,2-10,13-17H2,1H3,(H,25,30)(H,26,29)(H,33,34)/t18-/m0/s1. The number of carbonyl (C=O) groups is 6. The first-order chi connectivity index (χ1) is 17.2. The smallest absolute Gasteiger partial charge is 0.303 e. The molecule has 0 spiro atoms. The summed E-state index contributed by atoms with van der Waals surface area (Å²) in [4.78, 5) is 71.7. The third kappa shape index (κ3) is 13.7. The molecule has 12 heteroatoms. The van der Waals surface area contributed by atoms with Gasteiger partial charge in [0.15, 0.2) is 5.78 Å². The Kier molecular flexibility index (Phi) is 15.6. The van der Waals surface area contributed by atoms with Crippen LogP contribution in [0.3, 0.4) is 0 Å². The molecule has 1 atom stereocenters. The number of ether oxygens (including phenoxy) is 2. The lowest BCUT2D eigenvalue weighted by molar-refractivity contribution is -0.138. The van der Waals surface area contributed by atoms with Crippen LogP contribution in [-0.4, -0.2) is 91.4 Å². The van der Waals surface area contributed by atoms with E-state index in [1.54, 1.807) is 0 Å². The molecular formula is C24H37N3O9. The Balaban J connectivity index is 2.42. The van der Waals surface area contributed by atoms with Gasteiger partial charge in [0.1, 0.15) is 6.61 Å². The number of carboxylic acid groups (broad SMARTS) is 1. The molecular weight excluding hydrogens is 474 g/mol. The number of Topliss-reactive ketones (excluding diaryl/α,β-unsaturated/α-hetero) is 1. The Labute approximate surface area is 210 Å². The first-order valence-electron chi connectivity index (χ1n) is 12.2. The summed E-state index contributed by atoms with van der Waals surface area (Å²) in [5.41, 5.74) is 0. The van der Waals surface area contributed by atoms with Crippen LogP contribution in [0.1, 0.15) is 57.8 Å². The fourth-order valence-electron chi connectivity index (χ4n) is 3.44. The number of imide groups is 1. The number of ketones is 1. The number of aliphatic carboxylic acids is 1. The van der Waals surface area contributed by atoms with E-state index in [-0.39, 0.29) is 56.4 Å². The van der Waals surface area contributed by atoms with Gasteiger partial charge < -0.3 is 25.2 Å². The Hall–Kier alpha value is -3.12.